The lowest BCUT2D eigenvalue weighted by atomic mass is 10.1. The largest absolute Gasteiger partial charge is 0.370 e. The van der Waals surface area contributed by atoms with E-state index in [9.17, 15) is 4.79 Å². The summed E-state index contributed by atoms with van der Waals surface area (Å²) in [6.45, 7) is 1.65. The summed E-state index contributed by atoms with van der Waals surface area (Å²) in [5.41, 5.74) is 2.45. The molecular weight excluding hydrogens is 318 g/mol. The van der Waals surface area contributed by atoms with Crippen LogP contribution < -0.4 is 0 Å². The fraction of sp³-hybridized carbons (Fsp3) is 0.222. The first kappa shape index (κ1) is 15.5. The van der Waals surface area contributed by atoms with Gasteiger partial charge in [-0.2, -0.15) is 0 Å². The van der Waals surface area contributed by atoms with Crippen molar-refractivity contribution >= 4 is 5.91 Å². The van der Waals surface area contributed by atoms with E-state index in [4.69, 9.17) is 4.74 Å². The van der Waals surface area contributed by atoms with Gasteiger partial charge in [0.1, 0.15) is 12.4 Å². The Hall–Kier alpha value is -3.06. The number of rotatable bonds is 3. The molecule has 1 fully saturated rings. The van der Waals surface area contributed by atoms with Gasteiger partial charge in [0.2, 0.25) is 0 Å². The first-order valence-electron chi connectivity index (χ1n) is 8.10. The van der Waals surface area contributed by atoms with Crippen molar-refractivity contribution < 1.29 is 9.53 Å². The molecule has 25 heavy (non-hydrogen) atoms. The van der Waals surface area contributed by atoms with Crippen molar-refractivity contribution in [3.05, 3.63) is 72.1 Å². The van der Waals surface area contributed by atoms with Crippen LogP contribution in [0, 0.1) is 0 Å². The second kappa shape index (κ2) is 6.82. The molecule has 0 unspecified atom stereocenters. The lowest BCUT2D eigenvalue weighted by Gasteiger charge is -2.33. The Kier molecular flexibility index (Phi) is 4.22. The summed E-state index contributed by atoms with van der Waals surface area (Å²) < 4.78 is 7.37. The zero-order chi connectivity index (χ0) is 17.1. The Bertz CT molecular complexity index is 851. The Morgan fingerprint density at radius 1 is 1.12 bits per heavy atom. The number of aromatic nitrogens is 4. The molecule has 2 heterocycles. The fourth-order valence-electron chi connectivity index (χ4n) is 2.95. The third kappa shape index (κ3) is 3.27. The topological polar surface area (TPSA) is 73.1 Å². The molecule has 0 bridgehead atoms. The molecule has 4 rings (SSSR count). The van der Waals surface area contributed by atoms with Crippen molar-refractivity contribution in [1.82, 2.24) is 25.1 Å². The summed E-state index contributed by atoms with van der Waals surface area (Å²) in [7, 11) is 0. The summed E-state index contributed by atoms with van der Waals surface area (Å²) in [5, 5.41) is 11.1. The van der Waals surface area contributed by atoms with E-state index in [1.165, 1.54) is 11.0 Å². The second-order valence-electron chi connectivity index (χ2n) is 5.83. The Morgan fingerprint density at radius 2 is 2.00 bits per heavy atom. The highest BCUT2D eigenvalue weighted by Crippen LogP contribution is 2.23. The van der Waals surface area contributed by atoms with Crippen molar-refractivity contribution in [2.75, 3.05) is 19.7 Å². The van der Waals surface area contributed by atoms with Gasteiger partial charge in [-0.25, -0.2) is 4.68 Å². The van der Waals surface area contributed by atoms with E-state index in [0.717, 1.165) is 11.3 Å². The first-order chi connectivity index (χ1) is 12.3. The maximum atomic E-state index is 12.9. The molecule has 3 aromatic rings. The number of nitrogens with zero attached hydrogens (tertiary/aromatic N) is 5. The molecule has 1 aliphatic rings. The Labute approximate surface area is 144 Å². The standard InChI is InChI=1S/C18H17N5O2/c24-18(15-7-4-8-16(11-15)23-13-19-20-21-23)22-9-10-25-17(12-22)14-5-2-1-3-6-14/h1-8,11,13,17H,9-10,12H2/t17-/m1/s1. The number of morpholine rings is 1. The SMILES string of the molecule is O=C(c1cccc(-n2cnnn2)c1)N1CCO[C@@H](c2ccccc2)C1. The quantitative estimate of drug-likeness (QED) is 0.731. The summed E-state index contributed by atoms with van der Waals surface area (Å²) in [6.07, 6.45) is 1.41. The van der Waals surface area contributed by atoms with Gasteiger partial charge in [-0.15, -0.1) is 5.10 Å². The molecule has 7 heteroatoms. The normalized spacial score (nSPS) is 17.4. The van der Waals surface area contributed by atoms with Gasteiger partial charge in [0.15, 0.2) is 0 Å². The molecular formula is C18H17N5O2. The van der Waals surface area contributed by atoms with Gasteiger partial charge in [-0.1, -0.05) is 36.4 Å². The fourth-order valence-corrected chi connectivity index (χ4v) is 2.95. The molecule has 7 nitrogen and oxygen atoms in total. The predicted octanol–water partition coefficient (Wildman–Crippen LogP) is 1.88. The molecule has 1 aliphatic heterocycles. The maximum Gasteiger partial charge on any atom is 0.254 e. The molecule has 2 aromatic carbocycles. The molecule has 1 amide bonds. The molecule has 0 N–H and O–H groups in total. The first-order valence-corrected chi connectivity index (χ1v) is 8.10. The van der Waals surface area contributed by atoms with E-state index in [0.29, 0.717) is 25.3 Å². The average molecular weight is 335 g/mol. The van der Waals surface area contributed by atoms with E-state index >= 15 is 0 Å². The molecule has 0 aliphatic carbocycles. The van der Waals surface area contributed by atoms with Crippen molar-refractivity contribution in [3.63, 3.8) is 0 Å². The summed E-state index contributed by atoms with van der Waals surface area (Å²) >= 11 is 0. The van der Waals surface area contributed by atoms with Gasteiger partial charge in [0.05, 0.1) is 18.8 Å². The van der Waals surface area contributed by atoms with Crippen LogP contribution in [0.25, 0.3) is 5.69 Å². The van der Waals surface area contributed by atoms with Crippen LogP contribution in [0.1, 0.15) is 22.0 Å². The summed E-state index contributed by atoms with van der Waals surface area (Å²) in [5.74, 6) is -0.0147. The van der Waals surface area contributed by atoms with Crippen LogP contribution in [0.2, 0.25) is 0 Å². The number of hydrogen-bond donors (Lipinski definition) is 0. The molecule has 0 radical (unpaired) electrons. The van der Waals surface area contributed by atoms with Gasteiger partial charge in [0.25, 0.3) is 5.91 Å². The van der Waals surface area contributed by atoms with Crippen molar-refractivity contribution in [2.45, 2.75) is 6.10 Å². The molecule has 1 aromatic heterocycles. The van der Waals surface area contributed by atoms with E-state index < -0.39 is 0 Å². The van der Waals surface area contributed by atoms with Crippen molar-refractivity contribution in [2.24, 2.45) is 0 Å². The molecule has 1 atom stereocenters. The highest BCUT2D eigenvalue weighted by Gasteiger charge is 2.26. The van der Waals surface area contributed by atoms with E-state index in [2.05, 4.69) is 15.5 Å². The summed E-state index contributed by atoms with van der Waals surface area (Å²) in [4.78, 5) is 14.7. The molecule has 0 spiro atoms. The van der Waals surface area contributed by atoms with Crippen LogP contribution in [0.3, 0.4) is 0 Å². The highest BCUT2D eigenvalue weighted by atomic mass is 16.5. The number of carbonyl (C=O) groups is 1. The second-order valence-corrected chi connectivity index (χ2v) is 5.83. The third-order valence-electron chi connectivity index (χ3n) is 4.23. The van der Waals surface area contributed by atoms with Gasteiger partial charge >= 0.3 is 0 Å². The zero-order valence-corrected chi connectivity index (χ0v) is 13.5. The van der Waals surface area contributed by atoms with Gasteiger partial charge in [-0.05, 0) is 34.2 Å². The van der Waals surface area contributed by atoms with Crippen LogP contribution >= 0.6 is 0 Å². The maximum absolute atomic E-state index is 12.9. The number of benzene rings is 2. The monoisotopic (exact) mass is 335 g/mol. The average Bonchev–Trinajstić information content (AvgIpc) is 3.23. The minimum Gasteiger partial charge on any atom is -0.370 e. The lowest BCUT2D eigenvalue weighted by Crippen LogP contribution is -2.42. The number of hydrogen-bond acceptors (Lipinski definition) is 5. The Morgan fingerprint density at radius 3 is 2.80 bits per heavy atom. The van der Waals surface area contributed by atoms with Crippen LogP contribution in [-0.2, 0) is 4.74 Å². The number of ether oxygens (including phenoxy) is 1. The number of amides is 1. The van der Waals surface area contributed by atoms with E-state index in [-0.39, 0.29) is 12.0 Å². The van der Waals surface area contributed by atoms with Crippen LogP contribution in [0.15, 0.2) is 60.9 Å². The predicted molar refractivity (Wildman–Crippen MR) is 90.2 cm³/mol. The molecule has 1 saturated heterocycles. The van der Waals surface area contributed by atoms with Gasteiger partial charge in [0, 0.05) is 12.1 Å². The highest BCUT2D eigenvalue weighted by molar-refractivity contribution is 5.94. The van der Waals surface area contributed by atoms with Crippen LogP contribution in [-0.4, -0.2) is 50.7 Å². The summed E-state index contributed by atoms with van der Waals surface area (Å²) in [6, 6.07) is 17.3. The minimum atomic E-state index is -0.0957. The van der Waals surface area contributed by atoms with Gasteiger partial charge < -0.3 is 9.64 Å². The van der Waals surface area contributed by atoms with Crippen LogP contribution in [0.4, 0.5) is 0 Å². The lowest BCUT2D eigenvalue weighted by molar-refractivity contribution is -0.0228. The minimum absolute atomic E-state index is 0.0147. The zero-order valence-electron chi connectivity index (χ0n) is 13.5. The smallest absolute Gasteiger partial charge is 0.254 e. The number of tetrazole rings is 1. The van der Waals surface area contributed by atoms with Crippen LogP contribution in [0.5, 0.6) is 0 Å². The van der Waals surface area contributed by atoms with E-state index in [1.807, 2.05) is 53.4 Å². The molecule has 126 valence electrons. The van der Waals surface area contributed by atoms with Crippen molar-refractivity contribution in [1.29, 1.82) is 0 Å². The van der Waals surface area contributed by atoms with Crippen molar-refractivity contribution in [3.8, 4) is 5.69 Å². The number of carbonyl (C=O) groups excluding carboxylic acids is 1. The van der Waals surface area contributed by atoms with Gasteiger partial charge in [-0.3, -0.25) is 4.79 Å². The van der Waals surface area contributed by atoms with E-state index in [1.54, 1.807) is 6.07 Å². The third-order valence-corrected chi connectivity index (χ3v) is 4.23. The Balaban J connectivity index is 1.53. The molecule has 0 saturated carbocycles.